The molecule has 0 radical (unpaired) electrons. The molecule has 3 heteroatoms. The van der Waals surface area contributed by atoms with Crippen molar-refractivity contribution in [1.29, 1.82) is 0 Å². The number of rotatable bonds is 5. The third-order valence-electron chi connectivity index (χ3n) is 4.35. The van der Waals surface area contributed by atoms with Crippen LogP contribution in [0.5, 0.6) is 0 Å². The number of benzene rings is 4. The van der Waals surface area contributed by atoms with Crippen LogP contribution in [0, 0.1) is 0 Å². The predicted octanol–water partition coefficient (Wildman–Crippen LogP) is 7.56. The van der Waals surface area contributed by atoms with E-state index in [1.807, 2.05) is 42.6 Å². The normalized spacial score (nSPS) is 10.9. The molecule has 4 rings (SSSR count). The molecule has 0 N–H and O–H groups in total. The molecule has 0 atom stereocenters. The van der Waals surface area contributed by atoms with Crippen molar-refractivity contribution in [3.8, 4) is 0 Å². The van der Waals surface area contributed by atoms with Crippen LogP contribution in [-0.2, 0) is 0 Å². The Kier molecular flexibility index (Phi) is 5.51. The highest BCUT2D eigenvalue weighted by atomic mass is 35.5. The Morgan fingerprint density at radius 3 is 1.75 bits per heavy atom. The first-order valence-corrected chi connectivity index (χ1v) is 9.47. The van der Waals surface area contributed by atoms with Crippen LogP contribution in [0.1, 0.15) is 5.56 Å². The Labute approximate surface area is 170 Å². The summed E-state index contributed by atoms with van der Waals surface area (Å²) in [5, 5.41) is 0.686. The molecule has 136 valence electrons. The van der Waals surface area contributed by atoms with Crippen molar-refractivity contribution in [1.82, 2.24) is 0 Å². The predicted molar refractivity (Wildman–Crippen MR) is 120 cm³/mol. The maximum atomic E-state index is 6.02. The van der Waals surface area contributed by atoms with E-state index in [-0.39, 0.29) is 0 Å². The van der Waals surface area contributed by atoms with Gasteiger partial charge < -0.3 is 4.90 Å². The molecular formula is C25H19ClN2. The lowest BCUT2D eigenvalue weighted by Crippen LogP contribution is -2.09. The molecule has 0 saturated carbocycles. The van der Waals surface area contributed by atoms with Crippen LogP contribution >= 0.6 is 11.6 Å². The van der Waals surface area contributed by atoms with E-state index in [1.54, 1.807) is 0 Å². The van der Waals surface area contributed by atoms with Crippen LogP contribution in [0.25, 0.3) is 0 Å². The van der Waals surface area contributed by atoms with E-state index in [0.717, 1.165) is 28.3 Å². The monoisotopic (exact) mass is 382 g/mol. The van der Waals surface area contributed by atoms with E-state index in [2.05, 4.69) is 82.7 Å². The van der Waals surface area contributed by atoms with Crippen molar-refractivity contribution in [2.75, 3.05) is 4.90 Å². The fraction of sp³-hybridized carbons (Fsp3) is 0. The van der Waals surface area contributed by atoms with Crippen LogP contribution in [-0.4, -0.2) is 6.21 Å². The summed E-state index contributed by atoms with van der Waals surface area (Å²) in [6, 6.07) is 36.6. The zero-order chi connectivity index (χ0) is 19.2. The van der Waals surface area contributed by atoms with Crippen LogP contribution < -0.4 is 4.90 Å². The highest BCUT2D eigenvalue weighted by Crippen LogP contribution is 2.33. The summed E-state index contributed by atoms with van der Waals surface area (Å²) in [6.07, 6.45) is 1.85. The molecule has 0 aliphatic heterocycles. The minimum Gasteiger partial charge on any atom is -0.311 e. The molecule has 0 aliphatic rings. The Balaban J connectivity index is 1.63. The van der Waals surface area contributed by atoms with E-state index in [9.17, 15) is 0 Å². The number of halogens is 1. The molecule has 0 fully saturated rings. The molecule has 28 heavy (non-hydrogen) atoms. The van der Waals surface area contributed by atoms with E-state index in [1.165, 1.54) is 0 Å². The van der Waals surface area contributed by atoms with Gasteiger partial charge in [0.1, 0.15) is 0 Å². The second-order valence-electron chi connectivity index (χ2n) is 6.34. The highest BCUT2D eigenvalue weighted by molar-refractivity contribution is 6.30. The van der Waals surface area contributed by atoms with Gasteiger partial charge in [0.25, 0.3) is 0 Å². The lowest BCUT2D eigenvalue weighted by Gasteiger charge is -2.25. The quantitative estimate of drug-likeness (QED) is 0.325. The first kappa shape index (κ1) is 18.0. The Hall–Kier alpha value is -3.36. The van der Waals surface area contributed by atoms with Gasteiger partial charge in [-0.1, -0.05) is 66.2 Å². The largest absolute Gasteiger partial charge is 0.311 e. The first-order valence-electron chi connectivity index (χ1n) is 9.09. The minimum atomic E-state index is 0.686. The van der Waals surface area contributed by atoms with Gasteiger partial charge in [-0.2, -0.15) is 0 Å². The number of anilines is 3. The molecule has 0 aromatic heterocycles. The Bertz CT molecular complexity index is 1020. The number of para-hydroxylation sites is 2. The molecule has 0 saturated heterocycles. The van der Waals surface area contributed by atoms with E-state index >= 15 is 0 Å². The average molecular weight is 383 g/mol. The molecule has 0 heterocycles. The summed E-state index contributed by atoms with van der Waals surface area (Å²) in [6.45, 7) is 0. The van der Waals surface area contributed by atoms with Gasteiger partial charge >= 0.3 is 0 Å². The summed E-state index contributed by atoms with van der Waals surface area (Å²) in [5.74, 6) is 0. The van der Waals surface area contributed by atoms with Gasteiger partial charge in [-0.05, 0) is 60.2 Å². The number of nitrogens with zero attached hydrogens (tertiary/aromatic N) is 2. The lowest BCUT2D eigenvalue weighted by molar-refractivity contribution is 1.28. The number of hydrogen-bond acceptors (Lipinski definition) is 2. The molecule has 4 aromatic carbocycles. The summed E-state index contributed by atoms with van der Waals surface area (Å²) in [5.41, 5.74) is 5.21. The fourth-order valence-electron chi connectivity index (χ4n) is 3.02. The van der Waals surface area contributed by atoms with Gasteiger partial charge in [0.05, 0.1) is 5.69 Å². The van der Waals surface area contributed by atoms with Gasteiger partial charge in [-0.25, -0.2) is 0 Å². The lowest BCUT2D eigenvalue weighted by atomic mass is 10.1. The molecule has 0 bridgehead atoms. The van der Waals surface area contributed by atoms with Gasteiger partial charge in [-0.3, -0.25) is 4.99 Å². The number of aliphatic imine (C=N–C) groups is 1. The molecule has 4 aromatic rings. The van der Waals surface area contributed by atoms with Crippen molar-refractivity contribution in [2.45, 2.75) is 0 Å². The van der Waals surface area contributed by atoms with E-state index in [4.69, 9.17) is 11.6 Å². The van der Waals surface area contributed by atoms with Gasteiger partial charge in [0.2, 0.25) is 0 Å². The average Bonchev–Trinajstić information content (AvgIpc) is 2.75. The molecule has 0 aliphatic carbocycles. The van der Waals surface area contributed by atoms with E-state index < -0.39 is 0 Å². The van der Waals surface area contributed by atoms with Gasteiger partial charge in [0.15, 0.2) is 0 Å². The number of hydrogen-bond donors (Lipinski definition) is 0. The molecule has 0 spiro atoms. The van der Waals surface area contributed by atoms with Crippen molar-refractivity contribution in [3.63, 3.8) is 0 Å². The van der Waals surface area contributed by atoms with Crippen molar-refractivity contribution >= 4 is 40.6 Å². The highest BCUT2D eigenvalue weighted by Gasteiger charge is 2.11. The van der Waals surface area contributed by atoms with Gasteiger partial charge in [-0.15, -0.1) is 0 Å². The summed E-state index contributed by atoms with van der Waals surface area (Å²) >= 11 is 6.02. The van der Waals surface area contributed by atoms with Crippen LogP contribution in [0.2, 0.25) is 5.02 Å². The maximum Gasteiger partial charge on any atom is 0.0644 e. The third-order valence-corrected chi connectivity index (χ3v) is 4.59. The zero-order valence-corrected chi connectivity index (χ0v) is 16.0. The molecule has 0 unspecified atom stereocenters. The SMILES string of the molecule is Clc1cccc(N=Cc2ccc(N(c3ccccc3)c3ccccc3)cc2)c1. The third kappa shape index (κ3) is 4.30. The standard InChI is InChI=1S/C25H19ClN2/c26-21-8-7-9-22(18-21)27-19-20-14-16-25(17-15-20)28(23-10-3-1-4-11-23)24-12-5-2-6-13-24/h1-19H. The Morgan fingerprint density at radius 2 is 1.18 bits per heavy atom. The summed E-state index contributed by atoms with van der Waals surface area (Å²) in [4.78, 5) is 6.74. The molecular weight excluding hydrogens is 364 g/mol. The van der Waals surface area contributed by atoms with Crippen molar-refractivity contribution in [2.24, 2.45) is 4.99 Å². The maximum absolute atomic E-state index is 6.02. The zero-order valence-electron chi connectivity index (χ0n) is 15.2. The van der Waals surface area contributed by atoms with Crippen LogP contribution in [0.15, 0.2) is 114 Å². The Morgan fingerprint density at radius 1 is 0.607 bits per heavy atom. The first-order chi connectivity index (χ1) is 13.8. The van der Waals surface area contributed by atoms with E-state index in [0.29, 0.717) is 5.02 Å². The second-order valence-corrected chi connectivity index (χ2v) is 6.77. The van der Waals surface area contributed by atoms with Crippen molar-refractivity contribution < 1.29 is 0 Å². The molecule has 0 amide bonds. The van der Waals surface area contributed by atoms with Crippen molar-refractivity contribution in [3.05, 3.63) is 120 Å². The second kappa shape index (κ2) is 8.55. The summed E-state index contributed by atoms with van der Waals surface area (Å²) in [7, 11) is 0. The smallest absolute Gasteiger partial charge is 0.0644 e. The fourth-order valence-corrected chi connectivity index (χ4v) is 3.20. The topological polar surface area (TPSA) is 15.6 Å². The van der Waals surface area contributed by atoms with Crippen LogP contribution in [0.4, 0.5) is 22.7 Å². The summed E-state index contributed by atoms with van der Waals surface area (Å²) < 4.78 is 0. The minimum absolute atomic E-state index is 0.686. The van der Waals surface area contributed by atoms with Gasteiger partial charge in [0, 0.05) is 28.3 Å². The van der Waals surface area contributed by atoms with Crippen LogP contribution in [0.3, 0.4) is 0 Å². The molecule has 2 nitrogen and oxygen atoms in total.